The first kappa shape index (κ1) is 19.9. The van der Waals surface area contributed by atoms with Crippen LogP contribution >= 0.6 is 11.3 Å². The zero-order valence-corrected chi connectivity index (χ0v) is 18.5. The number of fused-ring (bicyclic) bond motifs is 2. The first-order valence-corrected chi connectivity index (χ1v) is 12.5. The highest BCUT2D eigenvalue weighted by atomic mass is 32.2. The maximum atomic E-state index is 13.0. The third-order valence-corrected chi connectivity index (χ3v) is 8.22. The Hall–Kier alpha value is -3.04. The predicted octanol–water partition coefficient (Wildman–Crippen LogP) is 4.02. The summed E-state index contributed by atoms with van der Waals surface area (Å²) in [7, 11) is -3.31. The highest BCUT2D eigenvalue weighted by molar-refractivity contribution is 7.91. The van der Waals surface area contributed by atoms with E-state index in [9.17, 15) is 13.2 Å². The van der Waals surface area contributed by atoms with Crippen LogP contribution in [-0.2, 0) is 22.7 Å². The van der Waals surface area contributed by atoms with Crippen molar-refractivity contribution in [3.63, 3.8) is 0 Å². The van der Waals surface area contributed by atoms with Crippen LogP contribution in [-0.4, -0.2) is 34.8 Å². The Morgan fingerprint density at radius 1 is 1.13 bits per heavy atom. The van der Waals surface area contributed by atoms with Crippen molar-refractivity contribution in [3.8, 4) is 5.13 Å². The molecule has 2 heterocycles. The van der Waals surface area contributed by atoms with Gasteiger partial charge in [0.05, 0.1) is 26.6 Å². The van der Waals surface area contributed by atoms with Gasteiger partial charge in [-0.1, -0.05) is 30.4 Å². The van der Waals surface area contributed by atoms with Gasteiger partial charge in [0.15, 0.2) is 9.84 Å². The standard InChI is InChI=1S/C22H20N4O3S2/c1-2-31(28,29)15-12-10-14(11-13-15)21(27)24-20-16-6-5-8-17(16)25-26(20)22-23-18-7-3-4-9-19(18)30-22/h3-4,7,9-13H,2,5-6,8H2,1H3,(H,24,27). The molecule has 0 fully saturated rings. The molecule has 2 aromatic carbocycles. The minimum absolute atomic E-state index is 0.0199. The Morgan fingerprint density at radius 3 is 2.65 bits per heavy atom. The van der Waals surface area contributed by atoms with Crippen molar-refractivity contribution in [2.24, 2.45) is 0 Å². The molecular formula is C22H20N4O3S2. The monoisotopic (exact) mass is 452 g/mol. The molecule has 1 N–H and O–H groups in total. The average Bonchev–Trinajstić information content (AvgIpc) is 3.49. The molecule has 7 nitrogen and oxygen atoms in total. The summed E-state index contributed by atoms with van der Waals surface area (Å²) in [5, 5.41) is 8.44. The Balaban J connectivity index is 1.50. The fourth-order valence-corrected chi connectivity index (χ4v) is 5.58. The van der Waals surface area contributed by atoms with Gasteiger partial charge in [0.1, 0.15) is 5.82 Å². The van der Waals surface area contributed by atoms with Gasteiger partial charge in [-0.15, -0.1) is 0 Å². The van der Waals surface area contributed by atoms with Gasteiger partial charge in [-0.3, -0.25) is 4.79 Å². The molecule has 0 saturated heterocycles. The van der Waals surface area contributed by atoms with Crippen LogP contribution in [0.5, 0.6) is 0 Å². The number of anilines is 1. The smallest absolute Gasteiger partial charge is 0.256 e. The lowest BCUT2D eigenvalue weighted by molar-refractivity contribution is 0.102. The molecule has 1 aliphatic carbocycles. The summed E-state index contributed by atoms with van der Waals surface area (Å²) in [6.45, 7) is 1.60. The number of aryl methyl sites for hydroxylation is 1. The third-order valence-electron chi connectivity index (χ3n) is 5.46. The van der Waals surface area contributed by atoms with Gasteiger partial charge in [-0.25, -0.2) is 13.4 Å². The van der Waals surface area contributed by atoms with Gasteiger partial charge in [-0.05, 0) is 55.7 Å². The zero-order valence-electron chi connectivity index (χ0n) is 16.8. The van der Waals surface area contributed by atoms with Crippen molar-refractivity contribution in [1.82, 2.24) is 14.8 Å². The Morgan fingerprint density at radius 2 is 1.90 bits per heavy atom. The summed E-state index contributed by atoms with van der Waals surface area (Å²) in [5.41, 5.74) is 3.30. The van der Waals surface area contributed by atoms with E-state index in [1.54, 1.807) is 11.6 Å². The van der Waals surface area contributed by atoms with Crippen LogP contribution in [0, 0.1) is 0 Å². The number of rotatable bonds is 5. The molecule has 9 heteroatoms. The van der Waals surface area contributed by atoms with Crippen molar-refractivity contribution in [2.45, 2.75) is 31.1 Å². The molecule has 158 valence electrons. The van der Waals surface area contributed by atoms with Crippen molar-refractivity contribution >= 4 is 43.1 Å². The Bertz CT molecular complexity index is 1370. The summed E-state index contributed by atoms with van der Waals surface area (Å²) < 4.78 is 26.8. The van der Waals surface area contributed by atoms with E-state index in [2.05, 4.69) is 10.3 Å². The second-order valence-corrected chi connectivity index (χ2v) is 10.7. The quantitative estimate of drug-likeness (QED) is 0.494. The molecular weight excluding hydrogens is 432 g/mol. The number of hydrogen-bond donors (Lipinski definition) is 1. The summed E-state index contributed by atoms with van der Waals surface area (Å²) >= 11 is 1.52. The van der Waals surface area contributed by atoms with Crippen LogP contribution in [0.1, 0.15) is 35.0 Å². The number of nitrogens with one attached hydrogen (secondary N) is 1. The van der Waals surface area contributed by atoms with Gasteiger partial charge in [-0.2, -0.15) is 9.78 Å². The maximum absolute atomic E-state index is 13.0. The van der Waals surface area contributed by atoms with E-state index in [1.807, 2.05) is 24.3 Å². The first-order chi connectivity index (χ1) is 15.0. The van der Waals surface area contributed by atoms with E-state index in [-0.39, 0.29) is 16.6 Å². The number of thiazole rings is 1. The number of aromatic nitrogens is 3. The largest absolute Gasteiger partial charge is 0.306 e. The fraction of sp³-hybridized carbons (Fsp3) is 0.227. The van der Waals surface area contributed by atoms with Crippen LogP contribution in [0.2, 0.25) is 0 Å². The van der Waals surface area contributed by atoms with Gasteiger partial charge in [0.25, 0.3) is 5.91 Å². The predicted molar refractivity (Wildman–Crippen MR) is 121 cm³/mol. The Kier molecular flexibility index (Phi) is 4.86. The summed E-state index contributed by atoms with van der Waals surface area (Å²) in [5.74, 6) is 0.352. The molecule has 31 heavy (non-hydrogen) atoms. The number of amides is 1. The zero-order chi connectivity index (χ0) is 21.6. The van der Waals surface area contributed by atoms with E-state index >= 15 is 0 Å². The van der Waals surface area contributed by atoms with Crippen LogP contribution < -0.4 is 5.32 Å². The minimum Gasteiger partial charge on any atom is -0.306 e. The number of benzene rings is 2. The average molecular weight is 453 g/mol. The lowest BCUT2D eigenvalue weighted by atomic mass is 10.2. The van der Waals surface area contributed by atoms with Crippen molar-refractivity contribution < 1.29 is 13.2 Å². The van der Waals surface area contributed by atoms with Gasteiger partial charge in [0.2, 0.25) is 5.13 Å². The molecule has 0 saturated carbocycles. The van der Waals surface area contributed by atoms with Crippen molar-refractivity contribution in [3.05, 3.63) is 65.4 Å². The van der Waals surface area contributed by atoms with Crippen LogP contribution in [0.4, 0.5) is 5.82 Å². The number of carbonyl (C=O) groups is 1. The molecule has 5 rings (SSSR count). The molecule has 1 aliphatic rings. The lowest BCUT2D eigenvalue weighted by Crippen LogP contribution is -2.16. The summed E-state index contributed by atoms with van der Waals surface area (Å²) in [6.07, 6.45) is 2.73. The molecule has 0 bridgehead atoms. The topological polar surface area (TPSA) is 94.0 Å². The van der Waals surface area contributed by atoms with E-state index in [0.29, 0.717) is 16.5 Å². The Labute approximate surface area is 183 Å². The molecule has 4 aromatic rings. The third kappa shape index (κ3) is 3.53. The molecule has 2 aromatic heterocycles. The first-order valence-electron chi connectivity index (χ1n) is 10.1. The second-order valence-electron chi connectivity index (χ2n) is 7.39. The van der Waals surface area contributed by atoms with E-state index in [0.717, 1.165) is 40.7 Å². The molecule has 0 spiro atoms. The number of carbonyl (C=O) groups excluding carboxylic acids is 1. The van der Waals surface area contributed by atoms with Crippen LogP contribution in [0.3, 0.4) is 0 Å². The van der Waals surface area contributed by atoms with E-state index in [4.69, 9.17) is 5.10 Å². The van der Waals surface area contributed by atoms with Gasteiger partial charge < -0.3 is 5.32 Å². The molecule has 0 unspecified atom stereocenters. The SMILES string of the molecule is CCS(=O)(=O)c1ccc(C(=O)Nc2c3c(nn2-c2nc4ccccc4s2)CCC3)cc1. The van der Waals surface area contributed by atoms with Gasteiger partial charge >= 0.3 is 0 Å². The van der Waals surface area contributed by atoms with E-state index in [1.165, 1.54) is 35.6 Å². The number of sulfone groups is 1. The number of para-hydroxylation sites is 1. The molecule has 0 radical (unpaired) electrons. The lowest BCUT2D eigenvalue weighted by Gasteiger charge is -2.09. The summed E-state index contributed by atoms with van der Waals surface area (Å²) in [4.78, 5) is 17.9. The van der Waals surface area contributed by atoms with Gasteiger partial charge in [0, 0.05) is 11.1 Å². The highest BCUT2D eigenvalue weighted by Gasteiger charge is 2.26. The summed E-state index contributed by atoms with van der Waals surface area (Å²) in [6, 6.07) is 13.9. The van der Waals surface area contributed by atoms with E-state index < -0.39 is 9.84 Å². The molecule has 0 aliphatic heterocycles. The van der Waals surface area contributed by atoms with Crippen LogP contribution in [0.25, 0.3) is 15.3 Å². The maximum Gasteiger partial charge on any atom is 0.256 e. The fourth-order valence-electron chi connectivity index (χ4n) is 3.77. The minimum atomic E-state index is -3.31. The molecule has 0 atom stereocenters. The second kappa shape index (κ2) is 7.58. The van der Waals surface area contributed by atoms with Crippen LogP contribution in [0.15, 0.2) is 53.4 Å². The number of nitrogens with zero attached hydrogens (tertiary/aromatic N) is 3. The number of hydrogen-bond acceptors (Lipinski definition) is 6. The van der Waals surface area contributed by atoms with Crippen molar-refractivity contribution in [1.29, 1.82) is 0 Å². The molecule has 1 amide bonds. The van der Waals surface area contributed by atoms with Crippen molar-refractivity contribution in [2.75, 3.05) is 11.1 Å². The normalized spacial score (nSPS) is 13.5. The highest BCUT2D eigenvalue weighted by Crippen LogP contribution is 2.34.